The molecule has 0 aromatic carbocycles. The third kappa shape index (κ3) is 5.85. The van der Waals surface area contributed by atoms with Gasteiger partial charge < -0.3 is 10.2 Å². The van der Waals surface area contributed by atoms with Crippen LogP contribution in [0.25, 0.3) is 0 Å². The molecule has 0 aliphatic carbocycles. The maximum atomic E-state index is 4.13. The summed E-state index contributed by atoms with van der Waals surface area (Å²) in [6.07, 6.45) is 0. The van der Waals surface area contributed by atoms with Gasteiger partial charge in [0.05, 0.1) is 6.54 Å². The topological polar surface area (TPSA) is 27.6 Å². The molecule has 11 heavy (non-hydrogen) atoms. The van der Waals surface area contributed by atoms with Gasteiger partial charge in [-0.15, -0.1) is 0 Å². The van der Waals surface area contributed by atoms with Crippen molar-refractivity contribution in [3.05, 3.63) is 0 Å². The average molecular weight is 157 g/mol. The number of amidine groups is 1. The van der Waals surface area contributed by atoms with Gasteiger partial charge in [-0.3, -0.25) is 4.99 Å². The second-order valence-corrected chi connectivity index (χ2v) is 3.21. The van der Waals surface area contributed by atoms with Gasteiger partial charge in [0.1, 0.15) is 5.84 Å². The first-order valence-electron chi connectivity index (χ1n) is 3.93. The van der Waals surface area contributed by atoms with E-state index in [1.54, 1.807) is 0 Å². The number of hydrogen-bond donors (Lipinski definition) is 1. The van der Waals surface area contributed by atoms with Crippen molar-refractivity contribution < 1.29 is 0 Å². The van der Waals surface area contributed by atoms with Crippen molar-refractivity contribution in [3.8, 4) is 0 Å². The zero-order valence-electron chi connectivity index (χ0n) is 8.18. The Labute approximate surface area is 69.5 Å². The van der Waals surface area contributed by atoms with E-state index in [0.717, 1.165) is 12.4 Å². The van der Waals surface area contributed by atoms with E-state index in [1.807, 2.05) is 21.1 Å². The minimum Gasteiger partial charge on any atom is -0.371 e. The fourth-order valence-electron chi connectivity index (χ4n) is 0.814. The van der Waals surface area contributed by atoms with Crippen molar-refractivity contribution in [2.45, 2.75) is 19.9 Å². The summed E-state index contributed by atoms with van der Waals surface area (Å²) in [6, 6.07) is 0.466. The van der Waals surface area contributed by atoms with Crippen molar-refractivity contribution in [3.63, 3.8) is 0 Å². The molecule has 0 unspecified atom stereocenters. The predicted molar refractivity (Wildman–Crippen MR) is 50.2 cm³/mol. The smallest absolute Gasteiger partial charge is 0.110 e. The van der Waals surface area contributed by atoms with Crippen LogP contribution in [0.2, 0.25) is 0 Å². The Morgan fingerprint density at radius 2 is 2.00 bits per heavy atom. The zero-order chi connectivity index (χ0) is 8.85. The van der Waals surface area contributed by atoms with Crippen molar-refractivity contribution in [1.29, 1.82) is 0 Å². The molecule has 0 fully saturated rings. The lowest BCUT2D eigenvalue weighted by atomic mass is 10.4. The normalized spacial score (nSPS) is 12.8. The lowest BCUT2D eigenvalue weighted by Gasteiger charge is -2.16. The minimum atomic E-state index is 0.466. The van der Waals surface area contributed by atoms with Gasteiger partial charge in [0, 0.05) is 13.1 Å². The number of hydrogen-bond acceptors (Lipinski definition) is 2. The average Bonchev–Trinajstić information content (AvgIpc) is 1.84. The first-order chi connectivity index (χ1) is 5.06. The molecule has 0 aromatic rings. The Bertz CT molecular complexity index is 115. The third-order valence-electron chi connectivity index (χ3n) is 1.19. The number of aliphatic imine (C=N–C) groups is 1. The van der Waals surface area contributed by atoms with E-state index < -0.39 is 0 Å². The van der Waals surface area contributed by atoms with E-state index in [-0.39, 0.29) is 0 Å². The maximum absolute atomic E-state index is 4.13. The number of nitrogens with zero attached hydrogens (tertiary/aromatic N) is 2. The summed E-state index contributed by atoms with van der Waals surface area (Å²) < 4.78 is 0. The zero-order valence-corrected chi connectivity index (χ0v) is 8.18. The van der Waals surface area contributed by atoms with Gasteiger partial charge in [-0.1, -0.05) is 0 Å². The van der Waals surface area contributed by atoms with E-state index in [4.69, 9.17) is 0 Å². The van der Waals surface area contributed by atoms with E-state index in [1.165, 1.54) is 0 Å². The summed E-state index contributed by atoms with van der Waals surface area (Å²) in [5.41, 5.74) is 0. The molecule has 0 saturated heterocycles. The maximum Gasteiger partial charge on any atom is 0.110 e. The van der Waals surface area contributed by atoms with Crippen LogP contribution in [0.15, 0.2) is 4.99 Å². The molecule has 0 atom stereocenters. The Morgan fingerprint density at radius 1 is 1.45 bits per heavy atom. The Balaban J connectivity index is 3.79. The molecule has 66 valence electrons. The Kier molecular flexibility index (Phi) is 4.86. The molecule has 0 spiro atoms. The minimum absolute atomic E-state index is 0.466. The van der Waals surface area contributed by atoms with E-state index in [0.29, 0.717) is 6.04 Å². The molecule has 0 radical (unpaired) electrons. The highest BCUT2D eigenvalue weighted by molar-refractivity contribution is 5.84. The van der Waals surface area contributed by atoms with Crippen molar-refractivity contribution in [2.75, 3.05) is 27.7 Å². The van der Waals surface area contributed by atoms with Crippen LogP contribution in [0.5, 0.6) is 0 Å². The van der Waals surface area contributed by atoms with E-state index in [9.17, 15) is 0 Å². The molecule has 1 N–H and O–H groups in total. The van der Waals surface area contributed by atoms with Gasteiger partial charge in [-0.25, -0.2) is 0 Å². The van der Waals surface area contributed by atoms with Gasteiger partial charge >= 0.3 is 0 Å². The summed E-state index contributed by atoms with van der Waals surface area (Å²) in [5.74, 6) is 1.05. The fourth-order valence-corrected chi connectivity index (χ4v) is 0.814. The molecule has 0 aromatic heterocycles. The molecule has 0 rings (SSSR count). The van der Waals surface area contributed by atoms with Crippen LogP contribution in [-0.4, -0.2) is 44.5 Å². The summed E-state index contributed by atoms with van der Waals surface area (Å²) in [5, 5.41) is 3.27. The van der Waals surface area contributed by atoms with Crippen molar-refractivity contribution in [2.24, 2.45) is 4.99 Å². The van der Waals surface area contributed by atoms with Crippen LogP contribution >= 0.6 is 0 Å². The lowest BCUT2D eigenvalue weighted by molar-refractivity contribution is 0.461. The second kappa shape index (κ2) is 5.13. The molecular weight excluding hydrogens is 138 g/mol. The molecule has 0 heterocycles. The highest BCUT2D eigenvalue weighted by Gasteiger charge is 2.00. The molecule has 3 nitrogen and oxygen atoms in total. The molecule has 0 saturated carbocycles. The standard InChI is InChI=1S/C8H19N3/c1-7(2)10-8(9-3)6-11(4)5/h7H,6H2,1-5H3,(H,9,10). The van der Waals surface area contributed by atoms with Crippen LogP contribution in [-0.2, 0) is 0 Å². The summed E-state index contributed by atoms with van der Waals surface area (Å²) in [6.45, 7) is 5.11. The molecule has 0 aliphatic heterocycles. The second-order valence-electron chi connectivity index (χ2n) is 3.21. The lowest BCUT2D eigenvalue weighted by Crippen LogP contribution is -2.37. The number of nitrogens with one attached hydrogen (secondary N) is 1. The Hall–Kier alpha value is -0.570. The van der Waals surface area contributed by atoms with Gasteiger partial charge in [0.2, 0.25) is 0 Å². The van der Waals surface area contributed by atoms with E-state index in [2.05, 4.69) is 29.1 Å². The highest BCUT2D eigenvalue weighted by Crippen LogP contribution is 1.82. The summed E-state index contributed by atoms with van der Waals surface area (Å²) in [7, 11) is 5.88. The van der Waals surface area contributed by atoms with Crippen LogP contribution < -0.4 is 5.32 Å². The van der Waals surface area contributed by atoms with Gasteiger partial charge in [0.25, 0.3) is 0 Å². The van der Waals surface area contributed by atoms with Crippen LogP contribution in [0.4, 0.5) is 0 Å². The summed E-state index contributed by atoms with van der Waals surface area (Å²) >= 11 is 0. The monoisotopic (exact) mass is 157 g/mol. The summed E-state index contributed by atoms with van der Waals surface area (Å²) in [4.78, 5) is 6.23. The highest BCUT2D eigenvalue weighted by atomic mass is 15.1. The number of likely N-dealkylation sites (N-methyl/N-ethyl adjacent to an activating group) is 1. The Morgan fingerprint density at radius 3 is 2.27 bits per heavy atom. The third-order valence-corrected chi connectivity index (χ3v) is 1.19. The predicted octanol–water partition coefficient (Wildman–Crippen LogP) is 0.574. The van der Waals surface area contributed by atoms with Crippen LogP contribution in [0.3, 0.4) is 0 Å². The fraction of sp³-hybridized carbons (Fsp3) is 0.875. The molecule has 0 amide bonds. The van der Waals surface area contributed by atoms with Crippen molar-refractivity contribution >= 4 is 5.84 Å². The van der Waals surface area contributed by atoms with Gasteiger partial charge in [-0.2, -0.15) is 0 Å². The van der Waals surface area contributed by atoms with Crippen LogP contribution in [0, 0.1) is 0 Å². The van der Waals surface area contributed by atoms with Gasteiger partial charge in [0.15, 0.2) is 0 Å². The molecule has 0 aliphatic rings. The first-order valence-corrected chi connectivity index (χ1v) is 3.93. The van der Waals surface area contributed by atoms with E-state index >= 15 is 0 Å². The van der Waals surface area contributed by atoms with Gasteiger partial charge in [-0.05, 0) is 27.9 Å². The number of rotatable bonds is 3. The van der Waals surface area contributed by atoms with Crippen LogP contribution in [0.1, 0.15) is 13.8 Å². The molecule has 0 bridgehead atoms. The quantitative estimate of drug-likeness (QED) is 0.479. The SMILES string of the molecule is CN=C(CN(C)C)NC(C)C. The molecule has 3 heteroatoms. The largest absolute Gasteiger partial charge is 0.371 e. The first kappa shape index (κ1) is 10.4. The van der Waals surface area contributed by atoms with Crippen molar-refractivity contribution in [1.82, 2.24) is 10.2 Å². The molecular formula is C8H19N3.